The van der Waals surface area contributed by atoms with Gasteiger partial charge in [0, 0.05) is 19.1 Å². The summed E-state index contributed by atoms with van der Waals surface area (Å²) in [6.07, 6.45) is 13.6. The third-order valence-electron chi connectivity index (χ3n) is 5.94. The monoisotopic (exact) mass is 515 g/mol. The highest BCUT2D eigenvalue weighted by molar-refractivity contribution is 5.81. The van der Waals surface area contributed by atoms with Crippen LogP contribution in [0.25, 0.3) is 0 Å². The first-order valence-corrected chi connectivity index (χ1v) is 13.2. The van der Waals surface area contributed by atoms with Gasteiger partial charge in [0.2, 0.25) is 6.41 Å². The maximum absolute atomic E-state index is 11.9. The molecule has 0 bridgehead atoms. The SMILES string of the molecule is CC.CC/C=C\C=C/C(C)C1CCCN1C=O.CC1(C)OCC(C(=O)NCc2ccc(/C=N\O)cc2)O1. The number of ether oxygens (including phenoxy) is 2. The lowest BCUT2D eigenvalue weighted by Gasteiger charge is -2.23. The predicted octanol–water partition coefficient (Wildman–Crippen LogP) is 5.05. The zero-order chi connectivity index (χ0) is 27.7. The standard InChI is InChI=1S/C14H18N2O4.C13H21NO.C2H6/c1-14(2)19-9-12(20-14)13(17)15-7-10-3-5-11(6-4-10)8-16-18;1-3-4-5-6-8-12(2)13-9-7-10-14(13)11-15;1-2/h3-6,8,12,18H,7,9H2,1-2H3,(H,15,17);4-6,8,11-13H,3,7,9-10H2,1-2H3;1-2H3/b16-8-;5-4-,8-6-;. The Bertz CT molecular complexity index is 880. The van der Waals surface area contributed by atoms with E-state index in [-0.39, 0.29) is 12.5 Å². The van der Waals surface area contributed by atoms with Crippen LogP contribution in [0.5, 0.6) is 0 Å². The van der Waals surface area contributed by atoms with Crippen molar-refractivity contribution in [3.8, 4) is 0 Å². The predicted molar refractivity (Wildman–Crippen MR) is 147 cm³/mol. The summed E-state index contributed by atoms with van der Waals surface area (Å²) < 4.78 is 10.8. The van der Waals surface area contributed by atoms with E-state index in [1.807, 2.05) is 30.9 Å². The first-order chi connectivity index (χ1) is 17.8. The number of oxime groups is 1. The number of benzene rings is 1. The van der Waals surface area contributed by atoms with E-state index >= 15 is 0 Å². The summed E-state index contributed by atoms with van der Waals surface area (Å²) in [5.74, 6) is -0.427. The van der Waals surface area contributed by atoms with Gasteiger partial charge in [-0.2, -0.15) is 0 Å². The largest absolute Gasteiger partial charge is 0.411 e. The molecule has 37 heavy (non-hydrogen) atoms. The summed E-state index contributed by atoms with van der Waals surface area (Å²) in [4.78, 5) is 24.6. The zero-order valence-electron chi connectivity index (χ0n) is 23.2. The Labute approximate surface area is 222 Å². The molecule has 8 nitrogen and oxygen atoms in total. The number of likely N-dealkylation sites (tertiary alicyclic amines) is 1. The van der Waals surface area contributed by atoms with Crippen molar-refractivity contribution in [3.63, 3.8) is 0 Å². The highest BCUT2D eigenvalue weighted by atomic mass is 16.7. The molecule has 0 aliphatic carbocycles. The molecule has 1 aromatic carbocycles. The Balaban J connectivity index is 0.000000360. The number of nitrogens with zero attached hydrogens (tertiary/aromatic N) is 2. The summed E-state index contributed by atoms with van der Waals surface area (Å²) in [7, 11) is 0. The molecule has 2 aliphatic rings. The van der Waals surface area contributed by atoms with E-state index in [4.69, 9.17) is 14.7 Å². The summed E-state index contributed by atoms with van der Waals surface area (Å²) in [6.45, 7) is 13.5. The fraction of sp³-hybridized carbons (Fsp3) is 0.552. The van der Waals surface area contributed by atoms with Crippen LogP contribution in [-0.2, 0) is 25.6 Å². The van der Waals surface area contributed by atoms with Crippen molar-refractivity contribution in [3.05, 3.63) is 59.7 Å². The molecule has 0 saturated carbocycles. The molecule has 2 N–H and O–H groups in total. The molecule has 2 fully saturated rings. The molecule has 2 saturated heterocycles. The molecule has 0 aromatic heterocycles. The number of allylic oxidation sites excluding steroid dienone is 3. The first kappa shape index (κ1) is 32.1. The minimum atomic E-state index is -0.701. The van der Waals surface area contributed by atoms with E-state index in [2.05, 4.69) is 48.6 Å². The Morgan fingerprint density at radius 3 is 2.54 bits per heavy atom. The lowest BCUT2D eigenvalue weighted by molar-refractivity contribution is -0.153. The Morgan fingerprint density at radius 1 is 1.27 bits per heavy atom. The van der Waals surface area contributed by atoms with Gasteiger partial charge in [-0.25, -0.2) is 0 Å². The number of hydrogen-bond donors (Lipinski definition) is 2. The van der Waals surface area contributed by atoms with Crippen molar-refractivity contribution >= 4 is 18.5 Å². The second kappa shape index (κ2) is 17.5. The van der Waals surface area contributed by atoms with Gasteiger partial charge in [-0.3, -0.25) is 9.59 Å². The molecular weight excluding hydrogens is 470 g/mol. The van der Waals surface area contributed by atoms with E-state index < -0.39 is 11.9 Å². The van der Waals surface area contributed by atoms with Crippen molar-refractivity contribution in [2.24, 2.45) is 11.1 Å². The van der Waals surface area contributed by atoms with Crippen LogP contribution >= 0.6 is 0 Å². The van der Waals surface area contributed by atoms with Crippen LogP contribution in [0, 0.1) is 5.92 Å². The summed E-state index contributed by atoms with van der Waals surface area (Å²) in [6, 6.07) is 7.73. The number of hydrogen-bond acceptors (Lipinski definition) is 6. The van der Waals surface area contributed by atoms with Crippen LogP contribution in [0.15, 0.2) is 53.7 Å². The van der Waals surface area contributed by atoms with Crippen molar-refractivity contribution in [1.82, 2.24) is 10.2 Å². The number of rotatable bonds is 9. The topological polar surface area (TPSA) is 100 Å². The maximum atomic E-state index is 11.9. The molecule has 2 amide bonds. The minimum absolute atomic E-state index is 0.184. The Morgan fingerprint density at radius 2 is 1.97 bits per heavy atom. The van der Waals surface area contributed by atoms with E-state index in [1.54, 1.807) is 26.0 Å². The van der Waals surface area contributed by atoms with E-state index in [0.29, 0.717) is 18.5 Å². The lowest BCUT2D eigenvalue weighted by Crippen LogP contribution is -2.36. The number of carbonyl (C=O) groups is 2. The van der Waals surface area contributed by atoms with E-state index in [9.17, 15) is 9.59 Å². The minimum Gasteiger partial charge on any atom is -0.411 e. The Kier molecular flexibility index (Phi) is 15.1. The van der Waals surface area contributed by atoms with E-state index in [1.165, 1.54) is 6.21 Å². The Hall–Kier alpha value is -2.97. The van der Waals surface area contributed by atoms with Gasteiger partial charge in [-0.05, 0) is 50.2 Å². The molecular formula is C29H45N3O5. The highest BCUT2D eigenvalue weighted by Gasteiger charge is 2.36. The third-order valence-corrected chi connectivity index (χ3v) is 5.94. The van der Waals surface area contributed by atoms with Crippen LogP contribution in [0.3, 0.4) is 0 Å². The first-order valence-electron chi connectivity index (χ1n) is 13.2. The number of nitrogens with one attached hydrogen (secondary N) is 1. The smallest absolute Gasteiger partial charge is 0.251 e. The molecule has 3 unspecified atom stereocenters. The van der Waals surface area contributed by atoms with Crippen LogP contribution in [0.1, 0.15) is 71.9 Å². The van der Waals surface area contributed by atoms with Crippen molar-refractivity contribution in [2.75, 3.05) is 13.2 Å². The van der Waals surface area contributed by atoms with Gasteiger partial charge in [-0.15, -0.1) is 0 Å². The summed E-state index contributed by atoms with van der Waals surface area (Å²) >= 11 is 0. The maximum Gasteiger partial charge on any atom is 0.251 e. The highest BCUT2D eigenvalue weighted by Crippen LogP contribution is 2.23. The van der Waals surface area contributed by atoms with Gasteiger partial charge < -0.3 is 24.9 Å². The van der Waals surface area contributed by atoms with Gasteiger partial charge in [0.05, 0.1) is 12.8 Å². The fourth-order valence-electron chi connectivity index (χ4n) is 4.00. The molecule has 2 heterocycles. The fourth-order valence-corrected chi connectivity index (χ4v) is 4.00. The second-order valence-electron chi connectivity index (χ2n) is 9.15. The molecule has 2 aliphatic heterocycles. The molecule has 3 rings (SSSR count). The van der Waals surface area contributed by atoms with Gasteiger partial charge >= 0.3 is 0 Å². The molecule has 0 radical (unpaired) electrons. The normalized spacial score (nSPS) is 21.4. The summed E-state index contributed by atoms with van der Waals surface area (Å²) in [5.41, 5.74) is 1.74. The lowest BCUT2D eigenvalue weighted by atomic mass is 9.99. The molecule has 3 atom stereocenters. The van der Waals surface area contributed by atoms with Gasteiger partial charge in [0.25, 0.3) is 5.91 Å². The van der Waals surface area contributed by atoms with Gasteiger partial charge in [-0.1, -0.05) is 81.4 Å². The van der Waals surface area contributed by atoms with Crippen LogP contribution in [0.4, 0.5) is 0 Å². The van der Waals surface area contributed by atoms with Crippen LogP contribution < -0.4 is 5.32 Å². The quantitative estimate of drug-likeness (QED) is 0.158. The molecule has 1 aromatic rings. The number of amides is 2. The van der Waals surface area contributed by atoms with Crippen molar-refractivity contribution < 1.29 is 24.3 Å². The van der Waals surface area contributed by atoms with E-state index in [0.717, 1.165) is 43.3 Å². The van der Waals surface area contributed by atoms with Gasteiger partial charge in [0.15, 0.2) is 11.9 Å². The molecule has 206 valence electrons. The van der Waals surface area contributed by atoms with Crippen LogP contribution in [0.2, 0.25) is 0 Å². The average molecular weight is 516 g/mol. The average Bonchev–Trinajstić information content (AvgIpc) is 3.54. The van der Waals surface area contributed by atoms with Gasteiger partial charge in [0.1, 0.15) is 0 Å². The molecule has 0 spiro atoms. The van der Waals surface area contributed by atoms with Crippen LogP contribution in [-0.4, -0.2) is 59.7 Å². The summed E-state index contributed by atoms with van der Waals surface area (Å²) in [5, 5.41) is 14.2. The molecule has 8 heteroatoms. The second-order valence-corrected chi connectivity index (χ2v) is 9.15. The third kappa shape index (κ3) is 11.7. The van der Waals surface area contributed by atoms with Crippen molar-refractivity contribution in [2.45, 2.75) is 85.3 Å². The van der Waals surface area contributed by atoms with Crippen molar-refractivity contribution in [1.29, 1.82) is 0 Å². The zero-order valence-corrected chi connectivity index (χ0v) is 23.2. The number of carbonyl (C=O) groups excluding carboxylic acids is 2.